The van der Waals surface area contributed by atoms with Gasteiger partial charge in [0.1, 0.15) is 0 Å². The van der Waals surface area contributed by atoms with E-state index in [9.17, 15) is 4.79 Å². The third-order valence-electron chi connectivity index (χ3n) is 3.67. The number of carbonyl (C=O) groups excluding carboxylic acids is 1. The lowest BCUT2D eigenvalue weighted by Gasteiger charge is -2.11. The zero-order valence-electron chi connectivity index (χ0n) is 12.0. The highest BCUT2D eigenvalue weighted by Crippen LogP contribution is 2.27. The molecule has 1 atom stereocenters. The van der Waals surface area contributed by atoms with Crippen LogP contribution in [0.1, 0.15) is 18.4 Å². The highest BCUT2D eigenvalue weighted by molar-refractivity contribution is 5.89. The van der Waals surface area contributed by atoms with Gasteiger partial charge in [-0.1, -0.05) is 30.3 Å². The predicted octanol–water partition coefficient (Wildman–Crippen LogP) is 3.30. The second-order valence-corrected chi connectivity index (χ2v) is 4.92. The Morgan fingerprint density at radius 3 is 2.62 bits per heavy atom. The van der Waals surface area contributed by atoms with Gasteiger partial charge in [-0.05, 0) is 30.7 Å². The Morgan fingerprint density at radius 1 is 1.14 bits per heavy atom. The molecule has 0 N–H and O–H groups in total. The van der Waals surface area contributed by atoms with Gasteiger partial charge in [0.2, 0.25) is 0 Å². The van der Waals surface area contributed by atoms with Crippen LogP contribution in [0.15, 0.2) is 54.7 Å². The van der Waals surface area contributed by atoms with E-state index in [1.165, 1.54) is 7.11 Å². The Bertz CT molecular complexity index is 778. The van der Waals surface area contributed by atoms with Crippen molar-refractivity contribution in [3.63, 3.8) is 0 Å². The number of carbonyl (C=O) groups is 1. The summed E-state index contributed by atoms with van der Waals surface area (Å²) in [5, 5.41) is 5.43. The number of benzene rings is 2. The number of methoxy groups -OCH3 is 1. The first-order chi connectivity index (χ1) is 10.2. The molecule has 4 nitrogen and oxygen atoms in total. The first-order valence-electron chi connectivity index (χ1n) is 6.82. The van der Waals surface area contributed by atoms with Crippen molar-refractivity contribution in [2.24, 2.45) is 0 Å². The van der Waals surface area contributed by atoms with E-state index >= 15 is 0 Å². The molecule has 0 aliphatic carbocycles. The van der Waals surface area contributed by atoms with Gasteiger partial charge in [0, 0.05) is 5.39 Å². The van der Waals surface area contributed by atoms with Crippen molar-refractivity contribution >= 4 is 16.9 Å². The summed E-state index contributed by atoms with van der Waals surface area (Å²) >= 11 is 0. The molecule has 0 amide bonds. The number of nitrogens with zero attached hydrogens (tertiary/aromatic N) is 2. The molecule has 0 fully saturated rings. The quantitative estimate of drug-likeness (QED) is 0.691. The van der Waals surface area contributed by atoms with Gasteiger partial charge >= 0.3 is 5.97 Å². The second-order valence-electron chi connectivity index (χ2n) is 4.92. The van der Waals surface area contributed by atoms with Gasteiger partial charge in [0.15, 0.2) is 0 Å². The third-order valence-corrected chi connectivity index (χ3v) is 3.67. The van der Waals surface area contributed by atoms with Crippen LogP contribution in [0.4, 0.5) is 0 Å². The summed E-state index contributed by atoms with van der Waals surface area (Å²) in [7, 11) is 1.41. The maximum absolute atomic E-state index is 11.8. The minimum Gasteiger partial charge on any atom is -0.469 e. The molecule has 106 valence electrons. The van der Waals surface area contributed by atoms with Crippen molar-refractivity contribution in [3.8, 4) is 5.69 Å². The van der Waals surface area contributed by atoms with E-state index in [-0.39, 0.29) is 11.9 Å². The average Bonchev–Trinajstić information content (AvgIpc) is 2.98. The summed E-state index contributed by atoms with van der Waals surface area (Å²) in [5.74, 6) is -0.554. The molecule has 1 unspecified atom stereocenters. The summed E-state index contributed by atoms with van der Waals surface area (Å²) < 4.78 is 6.72. The second kappa shape index (κ2) is 5.40. The zero-order valence-corrected chi connectivity index (χ0v) is 12.0. The molecule has 0 saturated carbocycles. The fourth-order valence-electron chi connectivity index (χ4n) is 2.53. The molecule has 0 aliphatic heterocycles. The Balaban J connectivity index is 2.15. The normalized spacial score (nSPS) is 12.3. The monoisotopic (exact) mass is 280 g/mol. The highest BCUT2D eigenvalue weighted by atomic mass is 16.5. The van der Waals surface area contributed by atoms with Crippen molar-refractivity contribution in [1.29, 1.82) is 0 Å². The molecule has 1 heterocycles. The van der Waals surface area contributed by atoms with Gasteiger partial charge in [-0.3, -0.25) is 4.79 Å². The van der Waals surface area contributed by atoms with Gasteiger partial charge in [-0.25, -0.2) is 4.68 Å². The lowest BCUT2D eigenvalue weighted by molar-refractivity contribution is -0.141. The van der Waals surface area contributed by atoms with Crippen LogP contribution in [0.25, 0.3) is 16.6 Å². The van der Waals surface area contributed by atoms with E-state index in [0.29, 0.717) is 0 Å². The number of para-hydroxylation sites is 1. The summed E-state index contributed by atoms with van der Waals surface area (Å²) in [6.07, 6.45) is 1.80. The molecule has 0 bridgehead atoms. The van der Waals surface area contributed by atoms with Crippen molar-refractivity contribution < 1.29 is 9.53 Å². The van der Waals surface area contributed by atoms with Crippen LogP contribution >= 0.6 is 0 Å². The van der Waals surface area contributed by atoms with Crippen molar-refractivity contribution in [3.05, 3.63) is 60.3 Å². The molecule has 3 aromatic rings. The SMILES string of the molecule is COC(=O)C(C)c1cccc2c1cnn2-c1ccccc1. The Morgan fingerprint density at radius 2 is 1.90 bits per heavy atom. The number of aromatic nitrogens is 2. The molecule has 2 aromatic carbocycles. The largest absolute Gasteiger partial charge is 0.469 e. The summed E-state index contributed by atoms with van der Waals surface area (Å²) in [6, 6.07) is 15.8. The van der Waals surface area contributed by atoms with Gasteiger partial charge in [-0.2, -0.15) is 5.10 Å². The fraction of sp³-hybridized carbons (Fsp3) is 0.176. The number of fused-ring (bicyclic) bond motifs is 1. The molecular formula is C17H16N2O2. The minimum absolute atomic E-state index is 0.241. The van der Waals surface area contributed by atoms with Crippen molar-refractivity contribution in [2.45, 2.75) is 12.8 Å². The predicted molar refractivity (Wildman–Crippen MR) is 81.5 cm³/mol. The molecule has 21 heavy (non-hydrogen) atoms. The third kappa shape index (κ3) is 2.29. The van der Waals surface area contributed by atoms with Crippen LogP contribution in [0.3, 0.4) is 0 Å². The first-order valence-corrected chi connectivity index (χ1v) is 6.82. The van der Waals surface area contributed by atoms with Gasteiger partial charge < -0.3 is 4.74 Å². The molecule has 0 radical (unpaired) electrons. The molecule has 4 heteroatoms. The molecule has 0 saturated heterocycles. The lowest BCUT2D eigenvalue weighted by atomic mass is 9.98. The Hall–Kier alpha value is -2.62. The molecule has 3 rings (SSSR count). The van der Waals surface area contributed by atoms with Crippen LogP contribution in [-0.2, 0) is 9.53 Å². The number of hydrogen-bond acceptors (Lipinski definition) is 3. The smallest absolute Gasteiger partial charge is 0.312 e. The average molecular weight is 280 g/mol. The molecule has 0 aliphatic rings. The summed E-state index contributed by atoms with van der Waals surface area (Å²) in [6.45, 7) is 1.85. The summed E-state index contributed by atoms with van der Waals surface area (Å²) in [5.41, 5.74) is 2.91. The fourth-order valence-corrected chi connectivity index (χ4v) is 2.53. The molecular weight excluding hydrogens is 264 g/mol. The van der Waals surface area contributed by atoms with E-state index < -0.39 is 0 Å². The van der Waals surface area contributed by atoms with Gasteiger partial charge in [0.25, 0.3) is 0 Å². The van der Waals surface area contributed by atoms with Gasteiger partial charge in [0.05, 0.1) is 30.4 Å². The van der Waals surface area contributed by atoms with Crippen LogP contribution in [0, 0.1) is 0 Å². The van der Waals surface area contributed by atoms with Crippen LogP contribution in [0.2, 0.25) is 0 Å². The van der Waals surface area contributed by atoms with Crippen LogP contribution < -0.4 is 0 Å². The number of esters is 1. The molecule has 1 aromatic heterocycles. The minimum atomic E-state index is -0.313. The lowest BCUT2D eigenvalue weighted by Crippen LogP contribution is -2.11. The first kappa shape index (κ1) is 13.4. The maximum Gasteiger partial charge on any atom is 0.312 e. The Labute approximate surface area is 123 Å². The summed E-state index contributed by atoms with van der Waals surface area (Å²) in [4.78, 5) is 11.8. The van der Waals surface area contributed by atoms with E-state index in [1.54, 1.807) is 6.20 Å². The topological polar surface area (TPSA) is 44.1 Å². The zero-order chi connectivity index (χ0) is 14.8. The molecule has 0 spiro atoms. The van der Waals surface area contributed by atoms with Crippen molar-refractivity contribution in [2.75, 3.05) is 7.11 Å². The van der Waals surface area contributed by atoms with Crippen LogP contribution in [0.5, 0.6) is 0 Å². The van der Waals surface area contributed by atoms with E-state index in [0.717, 1.165) is 22.2 Å². The van der Waals surface area contributed by atoms with E-state index in [1.807, 2.05) is 60.1 Å². The number of ether oxygens (including phenoxy) is 1. The van der Waals surface area contributed by atoms with Gasteiger partial charge in [-0.15, -0.1) is 0 Å². The highest BCUT2D eigenvalue weighted by Gasteiger charge is 2.19. The number of hydrogen-bond donors (Lipinski definition) is 0. The van der Waals surface area contributed by atoms with E-state index in [2.05, 4.69) is 5.10 Å². The van der Waals surface area contributed by atoms with Crippen LogP contribution in [-0.4, -0.2) is 22.9 Å². The Kier molecular flexibility index (Phi) is 3.44. The maximum atomic E-state index is 11.8. The van der Waals surface area contributed by atoms with Crippen molar-refractivity contribution in [1.82, 2.24) is 9.78 Å². The standard InChI is InChI=1S/C17H16N2O2/c1-12(17(20)21-2)14-9-6-10-16-15(14)11-18-19(16)13-7-4-3-5-8-13/h3-12H,1-2H3. The number of rotatable bonds is 3. The van der Waals surface area contributed by atoms with E-state index in [4.69, 9.17) is 4.74 Å².